The van der Waals surface area contributed by atoms with Gasteiger partial charge in [0.05, 0.1) is 11.4 Å². The van der Waals surface area contributed by atoms with E-state index < -0.39 is 21.4 Å². The van der Waals surface area contributed by atoms with Gasteiger partial charge in [-0.2, -0.15) is 4.68 Å². The van der Waals surface area contributed by atoms with E-state index in [1.165, 1.54) is 22.9 Å². The maximum absolute atomic E-state index is 13.6. The van der Waals surface area contributed by atoms with E-state index in [9.17, 15) is 12.8 Å². The minimum atomic E-state index is -3.61. The predicted molar refractivity (Wildman–Crippen MR) is 81.9 cm³/mol. The van der Waals surface area contributed by atoms with E-state index >= 15 is 0 Å². The number of para-hydroxylation sites is 1. The molecule has 0 unspecified atom stereocenters. The number of halogens is 1. The van der Waals surface area contributed by atoms with Crippen molar-refractivity contribution in [2.75, 3.05) is 0 Å². The van der Waals surface area contributed by atoms with Crippen LogP contribution in [0.15, 0.2) is 54.6 Å². The summed E-state index contributed by atoms with van der Waals surface area (Å²) < 4.78 is 39.6. The summed E-state index contributed by atoms with van der Waals surface area (Å²) in [6.45, 7) is 0. The minimum absolute atomic E-state index is 0.131. The maximum atomic E-state index is 13.6. The van der Waals surface area contributed by atoms with Crippen LogP contribution in [-0.4, -0.2) is 28.6 Å². The van der Waals surface area contributed by atoms with Crippen LogP contribution in [0, 0.1) is 5.82 Å². The SMILES string of the molecule is O=S(=O)(Cc1ccccc1F)Cc1nnnn1-c1ccccc1. The largest absolute Gasteiger partial charge is 0.228 e. The molecule has 0 atom stereocenters. The second kappa shape index (κ2) is 6.25. The number of hydrogen-bond acceptors (Lipinski definition) is 5. The molecule has 3 aromatic rings. The molecule has 0 saturated heterocycles. The Balaban J connectivity index is 1.85. The molecule has 0 aliphatic carbocycles. The summed E-state index contributed by atoms with van der Waals surface area (Å²) in [5.74, 6) is -1.13. The average molecular weight is 332 g/mol. The lowest BCUT2D eigenvalue weighted by Gasteiger charge is -2.06. The molecule has 3 rings (SSSR count). The summed E-state index contributed by atoms with van der Waals surface area (Å²) in [5.41, 5.74) is 0.792. The van der Waals surface area contributed by atoms with Gasteiger partial charge in [-0.05, 0) is 28.6 Å². The molecule has 8 heteroatoms. The van der Waals surface area contributed by atoms with Crippen molar-refractivity contribution < 1.29 is 12.8 Å². The van der Waals surface area contributed by atoms with Gasteiger partial charge in [-0.3, -0.25) is 0 Å². The van der Waals surface area contributed by atoms with Gasteiger partial charge in [0.15, 0.2) is 15.7 Å². The van der Waals surface area contributed by atoms with Crippen LogP contribution < -0.4 is 0 Å². The fourth-order valence-corrected chi connectivity index (χ4v) is 3.55. The van der Waals surface area contributed by atoms with Gasteiger partial charge in [0.1, 0.15) is 11.6 Å². The number of aromatic nitrogens is 4. The van der Waals surface area contributed by atoms with Crippen LogP contribution in [0.4, 0.5) is 4.39 Å². The highest BCUT2D eigenvalue weighted by atomic mass is 32.2. The lowest BCUT2D eigenvalue weighted by Crippen LogP contribution is -2.13. The first-order valence-corrected chi connectivity index (χ1v) is 8.64. The number of tetrazole rings is 1. The van der Waals surface area contributed by atoms with Crippen LogP contribution in [0.2, 0.25) is 0 Å². The van der Waals surface area contributed by atoms with E-state index in [0.717, 1.165) is 0 Å². The van der Waals surface area contributed by atoms with Crippen molar-refractivity contribution in [3.63, 3.8) is 0 Å². The fraction of sp³-hybridized carbons (Fsp3) is 0.133. The summed E-state index contributed by atoms with van der Waals surface area (Å²) in [4.78, 5) is 0. The summed E-state index contributed by atoms with van der Waals surface area (Å²) in [5, 5.41) is 11.1. The molecule has 0 aliphatic heterocycles. The number of sulfone groups is 1. The zero-order valence-electron chi connectivity index (χ0n) is 12.0. The molecule has 0 fully saturated rings. The van der Waals surface area contributed by atoms with Gasteiger partial charge in [0.2, 0.25) is 0 Å². The zero-order chi connectivity index (χ0) is 16.3. The third-order valence-corrected chi connectivity index (χ3v) is 4.67. The monoisotopic (exact) mass is 332 g/mol. The number of nitrogens with zero attached hydrogens (tertiary/aromatic N) is 4. The van der Waals surface area contributed by atoms with Gasteiger partial charge in [0.25, 0.3) is 0 Å². The van der Waals surface area contributed by atoms with E-state index in [4.69, 9.17) is 0 Å². The van der Waals surface area contributed by atoms with Crippen molar-refractivity contribution in [1.82, 2.24) is 20.2 Å². The first-order chi connectivity index (χ1) is 11.1. The van der Waals surface area contributed by atoms with Gasteiger partial charge in [0, 0.05) is 5.56 Å². The number of benzene rings is 2. The molecular weight excluding hydrogens is 319 g/mol. The quantitative estimate of drug-likeness (QED) is 0.713. The molecule has 0 radical (unpaired) electrons. The van der Waals surface area contributed by atoms with E-state index in [-0.39, 0.29) is 17.1 Å². The Hall–Kier alpha value is -2.61. The van der Waals surface area contributed by atoms with Gasteiger partial charge in [-0.1, -0.05) is 36.4 Å². The molecule has 6 nitrogen and oxygen atoms in total. The van der Waals surface area contributed by atoms with Crippen molar-refractivity contribution in [3.8, 4) is 5.69 Å². The fourth-order valence-electron chi connectivity index (χ4n) is 2.17. The molecule has 0 spiro atoms. The highest BCUT2D eigenvalue weighted by Gasteiger charge is 2.20. The molecule has 0 saturated carbocycles. The lowest BCUT2D eigenvalue weighted by atomic mass is 10.2. The lowest BCUT2D eigenvalue weighted by molar-refractivity contribution is 0.584. The first kappa shape index (κ1) is 15.3. The highest BCUT2D eigenvalue weighted by Crippen LogP contribution is 2.15. The summed E-state index contributed by atoms with van der Waals surface area (Å²) in [6.07, 6.45) is 0. The Morgan fingerprint density at radius 2 is 1.65 bits per heavy atom. The molecule has 2 aromatic carbocycles. The van der Waals surface area contributed by atoms with Crippen molar-refractivity contribution in [3.05, 3.63) is 71.8 Å². The molecule has 0 N–H and O–H groups in total. The molecule has 118 valence electrons. The van der Waals surface area contributed by atoms with Crippen molar-refractivity contribution in [2.24, 2.45) is 0 Å². The summed E-state index contributed by atoms with van der Waals surface area (Å²) >= 11 is 0. The average Bonchev–Trinajstić information content (AvgIpc) is 2.97. The summed E-state index contributed by atoms with van der Waals surface area (Å²) in [6, 6.07) is 14.8. The van der Waals surface area contributed by atoms with E-state index in [0.29, 0.717) is 5.69 Å². The van der Waals surface area contributed by atoms with Crippen LogP contribution in [0.3, 0.4) is 0 Å². The number of hydrogen-bond donors (Lipinski definition) is 0. The van der Waals surface area contributed by atoms with Crippen LogP contribution in [-0.2, 0) is 21.3 Å². The third-order valence-electron chi connectivity index (χ3n) is 3.22. The molecule has 23 heavy (non-hydrogen) atoms. The highest BCUT2D eigenvalue weighted by molar-refractivity contribution is 7.89. The second-order valence-corrected chi connectivity index (χ2v) is 7.03. The van der Waals surface area contributed by atoms with Crippen LogP contribution in [0.25, 0.3) is 5.69 Å². The smallest absolute Gasteiger partial charge is 0.171 e. The molecule has 0 amide bonds. The van der Waals surface area contributed by atoms with Gasteiger partial charge in [-0.15, -0.1) is 5.10 Å². The minimum Gasteiger partial charge on any atom is -0.228 e. The van der Waals surface area contributed by atoms with Crippen LogP contribution in [0.1, 0.15) is 11.4 Å². The summed E-state index contributed by atoms with van der Waals surface area (Å²) in [7, 11) is -3.61. The van der Waals surface area contributed by atoms with Gasteiger partial charge >= 0.3 is 0 Å². The Morgan fingerprint density at radius 3 is 2.39 bits per heavy atom. The van der Waals surface area contributed by atoms with Crippen molar-refractivity contribution in [2.45, 2.75) is 11.5 Å². The van der Waals surface area contributed by atoms with Gasteiger partial charge in [-0.25, -0.2) is 12.8 Å². The second-order valence-electron chi connectivity index (χ2n) is 4.97. The molecule has 0 aliphatic rings. The molecule has 1 aromatic heterocycles. The van der Waals surface area contributed by atoms with E-state index in [1.54, 1.807) is 30.3 Å². The van der Waals surface area contributed by atoms with Crippen molar-refractivity contribution >= 4 is 9.84 Å². The Bertz CT molecular complexity index is 910. The predicted octanol–water partition coefficient (Wildman–Crippen LogP) is 1.92. The van der Waals surface area contributed by atoms with E-state index in [2.05, 4.69) is 15.5 Å². The van der Waals surface area contributed by atoms with Gasteiger partial charge < -0.3 is 0 Å². The Morgan fingerprint density at radius 1 is 0.957 bits per heavy atom. The Labute approximate surface area is 132 Å². The molecule has 0 bridgehead atoms. The molecule has 1 heterocycles. The topological polar surface area (TPSA) is 77.7 Å². The van der Waals surface area contributed by atoms with Crippen LogP contribution in [0.5, 0.6) is 0 Å². The normalized spacial score (nSPS) is 11.5. The molecular formula is C15H13FN4O2S. The Kier molecular flexibility index (Phi) is 4.16. The van der Waals surface area contributed by atoms with Crippen molar-refractivity contribution in [1.29, 1.82) is 0 Å². The van der Waals surface area contributed by atoms with E-state index in [1.807, 2.05) is 6.07 Å². The van der Waals surface area contributed by atoms with Crippen LogP contribution >= 0.6 is 0 Å². The number of rotatable bonds is 5. The maximum Gasteiger partial charge on any atom is 0.171 e. The third kappa shape index (κ3) is 3.59. The standard InChI is InChI=1S/C15H13FN4O2S/c16-14-9-5-4-6-12(14)10-23(21,22)11-15-17-18-19-20(15)13-7-2-1-3-8-13/h1-9H,10-11H2. The first-order valence-electron chi connectivity index (χ1n) is 6.82. The zero-order valence-corrected chi connectivity index (χ0v) is 12.8.